The largest absolute Gasteiger partial charge is 0.0623 e. The molecule has 1 nitrogen and oxygen atoms in total. The van der Waals surface area contributed by atoms with Crippen LogP contribution in [0.1, 0.15) is 0 Å². The third-order valence-corrected chi connectivity index (χ3v) is 58.1. The van der Waals surface area contributed by atoms with Gasteiger partial charge in [-0.05, 0) is 0 Å². The molecule has 11 rings (SSSR count). The van der Waals surface area contributed by atoms with E-state index in [9.17, 15) is 4.79 Å². The van der Waals surface area contributed by atoms with Crippen LogP contribution >= 0.6 is 0 Å². The van der Waals surface area contributed by atoms with Crippen molar-refractivity contribution in [3.8, 4) is 0 Å². The van der Waals surface area contributed by atoms with E-state index in [1.54, 1.807) is 6.29 Å². The molecule has 1 aromatic carbocycles. The molecule has 0 N–H and O–H groups in total. The van der Waals surface area contributed by atoms with Crippen molar-refractivity contribution in [1.29, 1.82) is 0 Å². The second-order valence-corrected chi connectivity index (χ2v) is 34.6. The molecule has 19 heavy (non-hydrogen) atoms. The minimum Gasteiger partial charge on any atom is -0.0623 e. The van der Waals surface area contributed by atoms with Gasteiger partial charge in [-0.25, -0.2) is 0 Å². The van der Waals surface area contributed by atoms with E-state index in [-0.39, 0.29) is 0 Å². The molecular weight excluding hydrogens is 276 g/mol. The van der Waals surface area contributed by atoms with E-state index in [4.69, 9.17) is 0 Å². The average molecular weight is 292 g/mol. The zero-order chi connectivity index (χ0) is 12.0. The van der Waals surface area contributed by atoms with Crippen molar-refractivity contribution >= 4 is 6.29 Å². The van der Waals surface area contributed by atoms with E-state index >= 15 is 0 Å². The topological polar surface area (TPSA) is 17.1 Å². The third-order valence-electron chi connectivity index (χ3n) is 15.6. The molecule has 1 spiro atoms. The van der Waals surface area contributed by atoms with E-state index in [0.717, 1.165) is 0 Å². The molecule has 10 aliphatic rings. The molecule has 0 amide bonds. The molecular formula is C17H16FeO. The van der Waals surface area contributed by atoms with Gasteiger partial charge in [-0.15, -0.1) is 0 Å². The fraction of sp³-hybridized carbons (Fsp3) is 0.588. The van der Waals surface area contributed by atoms with Gasteiger partial charge in [0.15, 0.2) is 0 Å². The molecule has 2 heteroatoms. The number of carbonyl (C=O) groups excluding carboxylic acids is 1. The van der Waals surface area contributed by atoms with E-state index in [1.165, 1.54) is 43.3 Å². The zero-order valence-electron chi connectivity index (χ0n) is 10.5. The molecule has 0 aromatic heterocycles. The Labute approximate surface area is 102 Å². The summed E-state index contributed by atoms with van der Waals surface area (Å²) < 4.78 is 0.555. The van der Waals surface area contributed by atoms with Gasteiger partial charge >= 0.3 is 65.3 Å². The summed E-state index contributed by atoms with van der Waals surface area (Å²) in [7, 11) is 0. The Balaban J connectivity index is 0.000000105. The molecule has 0 bridgehead atoms. The number of carbonyl (C=O) groups is 1. The van der Waals surface area contributed by atoms with Gasteiger partial charge in [-0.3, -0.25) is 0 Å². The van der Waals surface area contributed by atoms with Gasteiger partial charge in [0.1, 0.15) is 0 Å². The number of aldehydes is 1. The van der Waals surface area contributed by atoms with Crippen molar-refractivity contribution < 1.29 is 11.3 Å². The number of rotatable bonds is 1. The SMILES string of the molecule is O=C[C]12[CH]3[CH]4[CH]5[CH]1[Fe]45321678[CH]2[CH]1[CH]6[CH]7[CH]28.c1ccccc1. The maximum Gasteiger partial charge on any atom is -0.0623 e. The smallest absolute Gasteiger partial charge is 0.0623 e. The van der Waals surface area contributed by atoms with Crippen molar-refractivity contribution in [3.63, 3.8) is 0 Å². The van der Waals surface area contributed by atoms with Crippen molar-refractivity contribution in [2.75, 3.05) is 0 Å². The zero-order valence-corrected chi connectivity index (χ0v) is 11.6. The van der Waals surface area contributed by atoms with Crippen LogP contribution in [0.4, 0.5) is 0 Å². The fourth-order valence-corrected chi connectivity index (χ4v) is 90.4. The fourth-order valence-electron chi connectivity index (χ4n) is 17.1. The first-order chi connectivity index (χ1) is 9.11. The Morgan fingerprint density at radius 2 is 1.05 bits per heavy atom. The minimum absolute atomic E-state index is 0.555. The second-order valence-electron chi connectivity index (χ2n) is 11.0. The predicted octanol–water partition coefficient (Wildman–Crippen LogP) is 4.63. The first kappa shape index (κ1) is 7.43. The molecule has 1 aromatic rings. The van der Waals surface area contributed by atoms with Crippen LogP contribution in [-0.2, 0) is 11.3 Å². The Kier molecular flexibility index (Phi) is 0.257. The standard InChI is InChI=1S/C6H5O.C6H6.C5H5.Fe/c7-5-6-3-1-2-4-6;1-2-4-6-5-3-1;1-2-4-5-3-1;/h1-5H;1-6H;1-5H;. The van der Waals surface area contributed by atoms with Crippen LogP contribution in [-0.4, -0.2) is 6.29 Å². The maximum absolute atomic E-state index is 11.6. The Bertz CT molecular complexity index is 996. The van der Waals surface area contributed by atoms with Crippen molar-refractivity contribution in [2.24, 2.45) is 0 Å². The summed E-state index contributed by atoms with van der Waals surface area (Å²) in [5, 5.41) is 0. The molecule has 4 atom stereocenters. The van der Waals surface area contributed by atoms with Gasteiger partial charge < -0.3 is 0 Å². The van der Waals surface area contributed by atoms with E-state index < -0.39 is 6.51 Å². The summed E-state index contributed by atoms with van der Waals surface area (Å²) in [4.78, 5) is 23.3. The monoisotopic (exact) mass is 292 g/mol. The summed E-state index contributed by atoms with van der Waals surface area (Å²) in [6.45, 7) is -2.87. The van der Waals surface area contributed by atoms with Gasteiger partial charge in [0.25, 0.3) is 0 Å². The van der Waals surface area contributed by atoms with Crippen LogP contribution in [0, 0.1) is 0 Å². The predicted molar refractivity (Wildman–Crippen MR) is 68.9 cm³/mol. The van der Waals surface area contributed by atoms with Gasteiger partial charge in [0, 0.05) is 0 Å². The van der Waals surface area contributed by atoms with Crippen molar-refractivity contribution in [1.82, 2.24) is 0 Å². The molecule has 0 aliphatic carbocycles. The van der Waals surface area contributed by atoms with Crippen LogP contribution in [0.2, 0.25) is 47.7 Å². The molecule has 98 valence electrons. The normalized spacial score (nSPS) is 106. The van der Waals surface area contributed by atoms with Gasteiger partial charge in [0.2, 0.25) is 0 Å². The average Bonchev–Trinajstić information content (AvgIpc) is 3.41. The number of hydrogen-bond acceptors (Lipinski definition) is 1. The van der Waals surface area contributed by atoms with Crippen LogP contribution in [0.15, 0.2) is 36.4 Å². The van der Waals surface area contributed by atoms with E-state index in [1.807, 2.05) is 36.4 Å². The molecule has 10 fully saturated rings. The molecule has 4 unspecified atom stereocenters. The molecule has 10 heterocycles. The Hall–Kier alpha value is -0.591. The quantitative estimate of drug-likeness (QED) is 0.544. The van der Waals surface area contributed by atoms with Crippen LogP contribution < -0.4 is 0 Å². The van der Waals surface area contributed by atoms with Gasteiger partial charge in [-0.1, -0.05) is 36.4 Å². The Morgan fingerprint density at radius 3 is 1.16 bits per heavy atom. The summed E-state index contributed by atoms with van der Waals surface area (Å²) in [6.07, 6.45) is 1.57. The van der Waals surface area contributed by atoms with Gasteiger partial charge in [-0.2, -0.15) is 0 Å². The second kappa shape index (κ2) is 0.658. The molecule has 0 saturated carbocycles. The van der Waals surface area contributed by atoms with Crippen molar-refractivity contribution in [3.05, 3.63) is 36.4 Å². The maximum atomic E-state index is 11.6. The number of benzene rings is 1. The van der Waals surface area contributed by atoms with Gasteiger partial charge in [0.05, 0.1) is 0 Å². The van der Waals surface area contributed by atoms with Crippen LogP contribution in [0.5, 0.6) is 0 Å². The first-order valence-electron chi connectivity index (χ1n) is 7.78. The molecule has 10 aliphatic heterocycles. The minimum atomic E-state index is -2.87. The number of fused-ring (bicyclic) bond motifs is 10. The summed E-state index contributed by atoms with van der Waals surface area (Å²) in [6, 6.07) is 12.0. The molecule has 0 radical (unpaired) electrons. The first-order valence-corrected chi connectivity index (χ1v) is 14.1. The summed E-state index contributed by atoms with van der Waals surface area (Å²) in [5.41, 5.74) is 0. The third kappa shape index (κ3) is 0.0843. The Morgan fingerprint density at radius 1 is 0.684 bits per heavy atom. The summed E-state index contributed by atoms with van der Waals surface area (Å²) in [5.74, 6) is 0. The van der Waals surface area contributed by atoms with E-state index in [0.29, 0.717) is 4.31 Å². The van der Waals surface area contributed by atoms with Crippen LogP contribution in [0.25, 0.3) is 0 Å². The van der Waals surface area contributed by atoms with E-state index in [2.05, 4.69) is 0 Å². The summed E-state index contributed by atoms with van der Waals surface area (Å²) >= 11 is 0. The van der Waals surface area contributed by atoms with Crippen molar-refractivity contribution in [2.45, 2.75) is 47.7 Å². The number of hydrogen-bond donors (Lipinski definition) is 0. The van der Waals surface area contributed by atoms with Crippen LogP contribution in [0.3, 0.4) is 0 Å². The molecule has 10 saturated heterocycles.